The zero-order chi connectivity index (χ0) is 18.4. The highest BCUT2D eigenvalue weighted by atomic mass is 19.4. The van der Waals surface area contributed by atoms with Gasteiger partial charge in [0.15, 0.2) is 0 Å². The Morgan fingerprint density at radius 1 is 1.28 bits per heavy atom. The van der Waals surface area contributed by atoms with Gasteiger partial charge in [0.05, 0.1) is 24.9 Å². The van der Waals surface area contributed by atoms with Crippen molar-refractivity contribution < 1.29 is 27.1 Å². The number of methoxy groups -OCH3 is 1. The summed E-state index contributed by atoms with van der Waals surface area (Å²) in [5.74, 6) is -1.05. The molecule has 0 aliphatic carbocycles. The molecule has 0 amide bonds. The number of anilines is 1. The van der Waals surface area contributed by atoms with E-state index in [1.807, 2.05) is 0 Å². The van der Waals surface area contributed by atoms with Gasteiger partial charge in [0.2, 0.25) is 0 Å². The average molecular weight is 357 g/mol. The summed E-state index contributed by atoms with van der Waals surface area (Å²) in [7, 11) is 1.24. The molecule has 0 saturated heterocycles. The molecule has 25 heavy (non-hydrogen) atoms. The van der Waals surface area contributed by atoms with Crippen LogP contribution in [0.25, 0.3) is 0 Å². The molecule has 3 rings (SSSR count). The average Bonchev–Trinajstić information content (AvgIpc) is 3.04. The molecule has 0 atom stereocenters. The van der Waals surface area contributed by atoms with Gasteiger partial charge in [0.25, 0.3) is 0 Å². The fraction of sp³-hybridized carbons (Fsp3) is 0.375. The van der Waals surface area contributed by atoms with Gasteiger partial charge < -0.3 is 9.64 Å². The Balaban J connectivity index is 1.95. The number of carbonyl (C=O) groups excluding carboxylic acids is 1. The third-order valence-corrected chi connectivity index (χ3v) is 4.03. The quantitative estimate of drug-likeness (QED) is 0.625. The second-order valence-corrected chi connectivity index (χ2v) is 5.77. The van der Waals surface area contributed by atoms with Crippen LogP contribution in [0.1, 0.15) is 27.2 Å². The zero-order valence-electron chi connectivity index (χ0n) is 13.5. The first-order valence-corrected chi connectivity index (χ1v) is 7.48. The molecule has 5 nitrogen and oxygen atoms in total. The number of nitrogens with zero attached hydrogens (tertiary/aromatic N) is 3. The molecule has 0 N–H and O–H groups in total. The van der Waals surface area contributed by atoms with Crippen LogP contribution in [0, 0.1) is 12.7 Å². The number of benzene rings is 1. The van der Waals surface area contributed by atoms with Crippen LogP contribution in [0.2, 0.25) is 0 Å². The molecule has 0 saturated carbocycles. The van der Waals surface area contributed by atoms with E-state index in [1.54, 1.807) is 16.5 Å². The number of aromatic nitrogens is 2. The van der Waals surface area contributed by atoms with E-state index in [-0.39, 0.29) is 17.7 Å². The van der Waals surface area contributed by atoms with E-state index in [0.29, 0.717) is 30.7 Å². The number of halogens is 4. The lowest BCUT2D eigenvalue weighted by Gasteiger charge is -2.19. The van der Waals surface area contributed by atoms with Crippen molar-refractivity contribution in [2.45, 2.75) is 26.2 Å². The minimum absolute atomic E-state index is 0.0238. The van der Waals surface area contributed by atoms with E-state index in [2.05, 4.69) is 5.10 Å². The molecular weight excluding hydrogens is 342 g/mol. The third kappa shape index (κ3) is 3.18. The lowest BCUT2D eigenvalue weighted by molar-refractivity contribution is -0.137. The fourth-order valence-electron chi connectivity index (χ4n) is 2.99. The summed E-state index contributed by atoms with van der Waals surface area (Å²) >= 11 is 0. The molecule has 0 bridgehead atoms. The lowest BCUT2D eigenvalue weighted by atomic mass is 10.1. The van der Waals surface area contributed by atoms with Gasteiger partial charge in [-0.2, -0.15) is 18.3 Å². The number of hydrogen-bond donors (Lipinski definition) is 0. The predicted octanol–water partition coefficient (Wildman–Crippen LogP) is 3.16. The Kier molecular flexibility index (Phi) is 4.18. The monoisotopic (exact) mass is 357 g/mol. The van der Waals surface area contributed by atoms with E-state index >= 15 is 0 Å². The number of carbonyl (C=O) groups is 1. The largest absolute Gasteiger partial charge is 0.465 e. The van der Waals surface area contributed by atoms with Gasteiger partial charge in [-0.1, -0.05) is 0 Å². The number of fused-ring (bicyclic) bond motifs is 1. The van der Waals surface area contributed by atoms with Crippen LogP contribution >= 0.6 is 0 Å². The topological polar surface area (TPSA) is 47.4 Å². The summed E-state index contributed by atoms with van der Waals surface area (Å²) in [4.78, 5) is 13.7. The van der Waals surface area contributed by atoms with Gasteiger partial charge in [-0.15, -0.1) is 0 Å². The molecule has 0 radical (unpaired) electrons. The van der Waals surface area contributed by atoms with Crippen LogP contribution in [-0.4, -0.2) is 29.4 Å². The van der Waals surface area contributed by atoms with E-state index in [9.17, 15) is 22.4 Å². The number of alkyl halides is 3. The normalized spacial score (nSPS) is 13.9. The second kappa shape index (κ2) is 6.05. The number of aryl methyl sites for hydroxylation is 1. The molecule has 1 aliphatic rings. The van der Waals surface area contributed by atoms with Crippen LogP contribution in [0.3, 0.4) is 0 Å². The summed E-state index contributed by atoms with van der Waals surface area (Å²) in [5.41, 5.74) is -0.135. The van der Waals surface area contributed by atoms with E-state index in [0.717, 1.165) is 12.1 Å². The van der Waals surface area contributed by atoms with Crippen molar-refractivity contribution in [2.24, 2.45) is 0 Å². The molecule has 1 aromatic heterocycles. The van der Waals surface area contributed by atoms with Crippen LogP contribution in [0.4, 0.5) is 23.4 Å². The van der Waals surface area contributed by atoms with Crippen molar-refractivity contribution in [1.82, 2.24) is 9.78 Å². The number of hydrogen-bond acceptors (Lipinski definition) is 4. The first-order chi connectivity index (χ1) is 11.7. The molecule has 0 fully saturated rings. The van der Waals surface area contributed by atoms with Crippen molar-refractivity contribution in [3.8, 4) is 0 Å². The van der Waals surface area contributed by atoms with Gasteiger partial charge in [-0.05, 0) is 30.7 Å². The molecule has 2 heterocycles. The van der Waals surface area contributed by atoms with E-state index < -0.39 is 23.5 Å². The Morgan fingerprint density at radius 2 is 2.00 bits per heavy atom. The Labute approximate surface area is 140 Å². The molecule has 0 spiro atoms. The summed E-state index contributed by atoms with van der Waals surface area (Å²) in [6.45, 7) is 2.61. The van der Waals surface area contributed by atoms with E-state index in [4.69, 9.17) is 4.74 Å². The third-order valence-electron chi connectivity index (χ3n) is 4.03. The summed E-state index contributed by atoms with van der Waals surface area (Å²) in [5, 5.41) is 4.25. The second-order valence-electron chi connectivity index (χ2n) is 5.77. The minimum Gasteiger partial charge on any atom is -0.465 e. The van der Waals surface area contributed by atoms with Crippen molar-refractivity contribution in [2.75, 3.05) is 18.6 Å². The highest BCUT2D eigenvalue weighted by Gasteiger charge is 2.33. The number of ether oxygens (including phenoxy) is 1. The van der Waals surface area contributed by atoms with E-state index in [1.165, 1.54) is 7.11 Å². The van der Waals surface area contributed by atoms with Crippen LogP contribution in [-0.2, 0) is 24.0 Å². The van der Waals surface area contributed by atoms with Crippen molar-refractivity contribution in [1.29, 1.82) is 0 Å². The van der Waals surface area contributed by atoms with Gasteiger partial charge in [0.1, 0.15) is 17.2 Å². The molecule has 1 aromatic carbocycles. The maximum absolute atomic E-state index is 13.6. The van der Waals surface area contributed by atoms with Crippen LogP contribution in [0.5, 0.6) is 0 Å². The number of esters is 1. The summed E-state index contributed by atoms with van der Waals surface area (Å²) < 4.78 is 58.5. The van der Waals surface area contributed by atoms with Crippen molar-refractivity contribution >= 4 is 11.8 Å². The Hall–Kier alpha value is -2.58. The zero-order valence-corrected chi connectivity index (χ0v) is 13.5. The van der Waals surface area contributed by atoms with Crippen molar-refractivity contribution in [3.05, 3.63) is 46.4 Å². The van der Waals surface area contributed by atoms with Gasteiger partial charge in [0, 0.05) is 13.1 Å². The van der Waals surface area contributed by atoms with Crippen LogP contribution in [0.15, 0.2) is 18.2 Å². The molecule has 0 unspecified atom stereocenters. The predicted molar refractivity (Wildman–Crippen MR) is 80.8 cm³/mol. The molecule has 9 heteroatoms. The molecule has 1 aliphatic heterocycles. The molecule has 2 aromatic rings. The van der Waals surface area contributed by atoms with Gasteiger partial charge >= 0.3 is 12.1 Å². The maximum atomic E-state index is 13.6. The summed E-state index contributed by atoms with van der Waals surface area (Å²) in [6, 6.07) is 2.42. The lowest BCUT2D eigenvalue weighted by Crippen LogP contribution is -2.22. The summed E-state index contributed by atoms with van der Waals surface area (Å²) in [6.07, 6.45) is -4.63. The molecule has 134 valence electrons. The Bertz CT molecular complexity index is 830. The maximum Gasteiger partial charge on any atom is 0.416 e. The standard InChI is InChI=1S/C16H15F4N3O2/c1-9-13(15(24)25-2)14-22(3-4-23(14)21-9)8-10-5-11(16(18,19)20)7-12(17)6-10/h5-7H,3-4,8H2,1-2H3. The first-order valence-electron chi connectivity index (χ1n) is 7.48. The first kappa shape index (κ1) is 17.2. The highest BCUT2D eigenvalue weighted by Crippen LogP contribution is 2.33. The van der Waals surface area contributed by atoms with Gasteiger partial charge in [-0.25, -0.2) is 13.9 Å². The number of rotatable bonds is 3. The van der Waals surface area contributed by atoms with Gasteiger partial charge in [-0.3, -0.25) is 0 Å². The Morgan fingerprint density at radius 3 is 2.64 bits per heavy atom. The smallest absolute Gasteiger partial charge is 0.416 e. The van der Waals surface area contributed by atoms with Crippen molar-refractivity contribution in [3.63, 3.8) is 0 Å². The van der Waals surface area contributed by atoms with Crippen LogP contribution < -0.4 is 4.90 Å². The molecular formula is C16H15F4N3O2. The minimum atomic E-state index is -4.63. The fourth-order valence-corrected chi connectivity index (χ4v) is 2.99. The SMILES string of the molecule is COC(=O)c1c(C)nn2c1N(Cc1cc(F)cc(C(F)(F)F)c1)CC2. The highest BCUT2D eigenvalue weighted by molar-refractivity contribution is 5.96.